The van der Waals surface area contributed by atoms with Gasteiger partial charge in [0.2, 0.25) is 0 Å². The van der Waals surface area contributed by atoms with Crippen LogP contribution >= 0.6 is 0 Å². The van der Waals surface area contributed by atoms with Crippen LogP contribution in [0.1, 0.15) is 52.8 Å². The number of nitrogens with zero attached hydrogens (tertiary/aromatic N) is 2. The standard InChI is InChI=1S/C26H26FN3O3/c1-17(2)21-10-8-18(3)14-24(21)32-16-20-9-11-23(33-20)26(31)28-25-12-13-30(29-25)15-19-6-4-5-7-22(19)27/h4-14,17H,15-16H2,1-3H3,(H,28,29,31). The highest BCUT2D eigenvalue weighted by Crippen LogP contribution is 2.28. The van der Waals surface area contributed by atoms with E-state index in [0.717, 1.165) is 16.9 Å². The number of halogens is 1. The molecule has 4 rings (SSSR count). The summed E-state index contributed by atoms with van der Waals surface area (Å²) in [5.74, 6) is 1.48. The van der Waals surface area contributed by atoms with Crippen LogP contribution < -0.4 is 10.1 Å². The Balaban J connectivity index is 1.37. The van der Waals surface area contributed by atoms with E-state index in [1.807, 2.05) is 13.0 Å². The number of ether oxygens (including phenoxy) is 1. The number of benzene rings is 2. The molecule has 33 heavy (non-hydrogen) atoms. The molecule has 7 heteroatoms. The first kappa shape index (κ1) is 22.3. The van der Waals surface area contributed by atoms with Gasteiger partial charge in [-0.15, -0.1) is 0 Å². The van der Waals surface area contributed by atoms with E-state index in [-0.39, 0.29) is 24.7 Å². The molecule has 0 aliphatic rings. The summed E-state index contributed by atoms with van der Waals surface area (Å²) in [6.07, 6.45) is 1.68. The van der Waals surface area contributed by atoms with E-state index in [1.165, 1.54) is 6.07 Å². The highest BCUT2D eigenvalue weighted by Gasteiger charge is 2.15. The SMILES string of the molecule is Cc1ccc(C(C)C)c(OCc2ccc(C(=O)Nc3ccn(Cc4ccccc4F)n3)o2)c1. The summed E-state index contributed by atoms with van der Waals surface area (Å²) in [5.41, 5.74) is 2.75. The lowest BCUT2D eigenvalue weighted by Crippen LogP contribution is -2.12. The van der Waals surface area contributed by atoms with Crippen molar-refractivity contribution in [3.05, 3.63) is 101 Å². The number of hydrogen-bond donors (Lipinski definition) is 1. The van der Waals surface area contributed by atoms with Gasteiger partial charge in [0.15, 0.2) is 11.6 Å². The van der Waals surface area contributed by atoms with Gasteiger partial charge in [-0.05, 0) is 48.2 Å². The zero-order chi connectivity index (χ0) is 23.4. The molecule has 1 N–H and O–H groups in total. The number of aromatic nitrogens is 2. The molecule has 4 aromatic rings. The second kappa shape index (κ2) is 9.73. The van der Waals surface area contributed by atoms with Gasteiger partial charge in [0, 0.05) is 17.8 Å². The number of anilines is 1. The number of nitrogens with one attached hydrogen (secondary N) is 1. The number of rotatable bonds is 8. The number of amides is 1. The zero-order valence-corrected chi connectivity index (χ0v) is 18.8. The summed E-state index contributed by atoms with van der Waals surface area (Å²) in [7, 11) is 0. The Hall–Kier alpha value is -3.87. The lowest BCUT2D eigenvalue weighted by Gasteiger charge is -2.14. The molecular weight excluding hydrogens is 421 g/mol. The minimum absolute atomic E-state index is 0.158. The van der Waals surface area contributed by atoms with Crippen LogP contribution in [0.4, 0.5) is 10.2 Å². The first-order chi connectivity index (χ1) is 15.9. The van der Waals surface area contributed by atoms with Crippen molar-refractivity contribution in [3.63, 3.8) is 0 Å². The first-order valence-corrected chi connectivity index (χ1v) is 10.8. The van der Waals surface area contributed by atoms with Gasteiger partial charge >= 0.3 is 0 Å². The van der Waals surface area contributed by atoms with Crippen LogP contribution in [0.3, 0.4) is 0 Å². The van der Waals surface area contributed by atoms with Crippen LogP contribution in [0.25, 0.3) is 0 Å². The summed E-state index contributed by atoms with van der Waals surface area (Å²) < 4.78 is 27.0. The molecule has 170 valence electrons. The lowest BCUT2D eigenvalue weighted by molar-refractivity contribution is 0.0992. The molecule has 2 heterocycles. The molecule has 0 atom stereocenters. The van der Waals surface area contributed by atoms with Crippen molar-refractivity contribution in [2.75, 3.05) is 5.32 Å². The van der Waals surface area contributed by atoms with Gasteiger partial charge < -0.3 is 14.5 Å². The molecule has 6 nitrogen and oxygen atoms in total. The number of carbonyl (C=O) groups excluding carboxylic acids is 1. The molecule has 0 spiro atoms. The number of furan rings is 1. The van der Waals surface area contributed by atoms with Gasteiger partial charge in [-0.25, -0.2) is 4.39 Å². The van der Waals surface area contributed by atoms with Crippen molar-refractivity contribution in [2.45, 2.75) is 39.8 Å². The second-order valence-electron chi connectivity index (χ2n) is 8.19. The molecule has 2 aromatic carbocycles. The number of carbonyl (C=O) groups is 1. The van der Waals surface area contributed by atoms with E-state index >= 15 is 0 Å². The molecule has 0 bridgehead atoms. The van der Waals surface area contributed by atoms with Crippen LogP contribution in [0.15, 0.2) is 71.3 Å². The fourth-order valence-electron chi connectivity index (χ4n) is 3.47. The smallest absolute Gasteiger partial charge is 0.292 e. The van der Waals surface area contributed by atoms with Gasteiger partial charge in [0.1, 0.15) is 23.9 Å². The molecule has 0 saturated heterocycles. The summed E-state index contributed by atoms with van der Waals surface area (Å²) in [5, 5.41) is 6.98. The molecule has 0 aliphatic heterocycles. The quantitative estimate of drug-likeness (QED) is 0.364. The van der Waals surface area contributed by atoms with Crippen LogP contribution in [-0.2, 0) is 13.2 Å². The minimum atomic E-state index is -0.421. The van der Waals surface area contributed by atoms with Crippen molar-refractivity contribution >= 4 is 11.7 Å². The third-order valence-corrected chi connectivity index (χ3v) is 5.22. The maximum absolute atomic E-state index is 13.8. The Labute approximate surface area is 192 Å². The zero-order valence-electron chi connectivity index (χ0n) is 18.8. The third-order valence-electron chi connectivity index (χ3n) is 5.22. The minimum Gasteiger partial charge on any atom is -0.485 e. The molecule has 0 unspecified atom stereocenters. The summed E-state index contributed by atoms with van der Waals surface area (Å²) >= 11 is 0. The summed E-state index contributed by atoms with van der Waals surface area (Å²) in [6.45, 7) is 6.73. The largest absolute Gasteiger partial charge is 0.485 e. The van der Waals surface area contributed by atoms with E-state index in [2.05, 4.69) is 36.4 Å². The normalized spacial score (nSPS) is 11.1. The first-order valence-electron chi connectivity index (χ1n) is 10.8. The molecule has 1 amide bonds. The van der Waals surface area contributed by atoms with Gasteiger partial charge in [-0.1, -0.05) is 44.2 Å². The van der Waals surface area contributed by atoms with E-state index in [9.17, 15) is 9.18 Å². The van der Waals surface area contributed by atoms with Crippen molar-refractivity contribution in [1.29, 1.82) is 0 Å². The number of hydrogen-bond acceptors (Lipinski definition) is 4. The van der Waals surface area contributed by atoms with E-state index in [4.69, 9.17) is 9.15 Å². The van der Waals surface area contributed by atoms with Gasteiger partial charge in [-0.3, -0.25) is 9.48 Å². The maximum atomic E-state index is 13.8. The van der Waals surface area contributed by atoms with E-state index in [1.54, 1.807) is 47.3 Å². The fourth-order valence-corrected chi connectivity index (χ4v) is 3.47. The Morgan fingerprint density at radius 2 is 1.97 bits per heavy atom. The van der Waals surface area contributed by atoms with Crippen molar-refractivity contribution in [3.8, 4) is 5.75 Å². The van der Waals surface area contributed by atoms with Gasteiger partial charge in [-0.2, -0.15) is 5.10 Å². The number of aryl methyl sites for hydroxylation is 1. The molecule has 0 saturated carbocycles. The second-order valence-corrected chi connectivity index (χ2v) is 8.19. The van der Waals surface area contributed by atoms with Crippen LogP contribution in [0, 0.1) is 12.7 Å². The monoisotopic (exact) mass is 447 g/mol. The summed E-state index contributed by atoms with van der Waals surface area (Å²) in [6, 6.07) is 17.6. The van der Waals surface area contributed by atoms with Gasteiger partial charge in [0.05, 0.1) is 6.54 Å². The van der Waals surface area contributed by atoms with Crippen molar-refractivity contribution in [1.82, 2.24) is 9.78 Å². The molecule has 0 radical (unpaired) electrons. The Bertz CT molecular complexity index is 1260. The Morgan fingerprint density at radius 3 is 2.76 bits per heavy atom. The van der Waals surface area contributed by atoms with Crippen molar-refractivity contribution in [2.24, 2.45) is 0 Å². The molecule has 2 aromatic heterocycles. The molecular formula is C26H26FN3O3. The highest BCUT2D eigenvalue weighted by atomic mass is 19.1. The van der Waals surface area contributed by atoms with Crippen molar-refractivity contribution < 1.29 is 18.3 Å². The van der Waals surface area contributed by atoms with E-state index < -0.39 is 5.91 Å². The lowest BCUT2D eigenvalue weighted by atomic mass is 10.0. The Morgan fingerprint density at radius 1 is 1.15 bits per heavy atom. The predicted molar refractivity (Wildman–Crippen MR) is 124 cm³/mol. The van der Waals surface area contributed by atoms with E-state index in [0.29, 0.717) is 23.1 Å². The molecule has 0 fully saturated rings. The van der Waals surface area contributed by atoms with Gasteiger partial charge in [0.25, 0.3) is 5.91 Å². The van der Waals surface area contributed by atoms with Crippen LogP contribution in [0.2, 0.25) is 0 Å². The van der Waals surface area contributed by atoms with Crippen LogP contribution in [0.5, 0.6) is 5.75 Å². The predicted octanol–water partition coefficient (Wildman–Crippen LogP) is 5.93. The topological polar surface area (TPSA) is 69.3 Å². The average Bonchev–Trinajstić information content (AvgIpc) is 3.43. The fraction of sp³-hybridized carbons (Fsp3) is 0.231. The summed E-state index contributed by atoms with van der Waals surface area (Å²) in [4.78, 5) is 12.6. The molecule has 0 aliphatic carbocycles. The Kier molecular flexibility index (Phi) is 6.58. The highest BCUT2D eigenvalue weighted by molar-refractivity contribution is 6.01. The average molecular weight is 448 g/mol. The van der Waals surface area contributed by atoms with Crippen LogP contribution in [-0.4, -0.2) is 15.7 Å². The maximum Gasteiger partial charge on any atom is 0.292 e. The third kappa shape index (κ3) is 5.49.